The van der Waals surface area contributed by atoms with Crippen molar-refractivity contribution in [2.24, 2.45) is 11.8 Å². The maximum Gasteiger partial charge on any atom is 0.167 e. The molecule has 0 bridgehead atoms. The predicted octanol–water partition coefficient (Wildman–Crippen LogP) is 2.17. The van der Waals surface area contributed by atoms with Crippen LogP contribution in [0.4, 0.5) is 0 Å². The highest BCUT2D eigenvalue weighted by Gasteiger charge is 2.24. The molecule has 0 aromatic carbocycles. The molecule has 1 saturated carbocycles. The molecule has 18 heavy (non-hydrogen) atoms. The first kappa shape index (κ1) is 13.5. The molecular formula is C13H25N5. The van der Waals surface area contributed by atoms with Crippen molar-refractivity contribution in [3.05, 3.63) is 5.82 Å². The minimum atomic E-state index is 0.235. The first-order valence-electron chi connectivity index (χ1n) is 7.20. The summed E-state index contributed by atoms with van der Waals surface area (Å²) in [5.41, 5.74) is 0. The highest BCUT2D eigenvalue weighted by atomic mass is 15.5. The molecular weight excluding hydrogens is 226 g/mol. The van der Waals surface area contributed by atoms with Gasteiger partial charge in [0.25, 0.3) is 0 Å². The van der Waals surface area contributed by atoms with E-state index < -0.39 is 0 Å². The lowest BCUT2D eigenvalue weighted by atomic mass is 10.1. The van der Waals surface area contributed by atoms with Gasteiger partial charge in [0.05, 0.1) is 6.04 Å². The van der Waals surface area contributed by atoms with E-state index in [1.165, 1.54) is 19.3 Å². The third-order valence-corrected chi connectivity index (χ3v) is 3.88. The molecule has 2 rings (SSSR count). The molecule has 3 atom stereocenters. The van der Waals surface area contributed by atoms with Crippen molar-refractivity contribution in [3.63, 3.8) is 0 Å². The lowest BCUT2D eigenvalue weighted by Gasteiger charge is -2.15. The van der Waals surface area contributed by atoms with Gasteiger partial charge in [-0.2, -0.15) is 0 Å². The molecule has 1 aromatic rings. The van der Waals surface area contributed by atoms with Crippen LogP contribution >= 0.6 is 0 Å². The van der Waals surface area contributed by atoms with E-state index in [-0.39, 0.29) is 6.04 Å². The Morgan fingerprint density at radius 2 is 2.28 bits per heavy atom. The van der Waals surface area contributed by atoms with Gasteiger partial charge >= 0.3 is 0 Å². The molecule has 1 aliphatic rings. The number of nitrogens with zero attached hydrogens (tertiary/aromatic N) is 4. The lowest BCUT2D eigenvalue weighted by molar-refractivity contribution is 0.387. The fourth-order valence-electron chi connectivity index (χ4n) is 2.84. The first-order valence-corrected chi connectivity index (χ1v) is 7.20. The van der Waals surface area contributed by atoms with Crippen LogP contribution in [0.25, 0.3) is 0 Å². The molecule has 5 nitrogen and oxygen atoms in total. The van der Waals surface area contributed by atoms with E-state index in [9.17, 15) is 0 Å². The number of nitrogens with one attached hydrogen (secondary N) is 1. The fourth-order valence-corrected chi connectivity index (χ4v) is 2.84. The van der Waals surface area contributed by atoms with E-state index in [1.807, 2.05) is 4.68 Å². The van der Waals surface area contributed by atoms with Crippen molar-refractivity contribution in [3.8, 4) is 0 Å². The van der Waals surface area contributed by atoms with Gasteiger partial charge in [0.15, 0.2) is 5.82 Å². The Morgan fingerprint density at radius 1 is 1.44 bits per heavy atom. The Morgan fingerprint density at radius 3 is 2.94 bits per heavy atom. The van der Waals surface area contributed by atoms with Gasteiger partial charge in [0.2, 0.25) is 0 Å². The SMILES string of the molecule is CCCNC(C)c1nnnn1CC1CCC(C)C1. The number of tetrazole rings is 1. The van der Waals surface area contributed by atoms with Crippen LogP contribution in [0.5, 0.6) is 0 Å². The molecule has 1 fully saturated rings. The maximum atomic E-state index is 4.17. The van der Waals surface area contributed by atoms with Crippen molar-refractivity contribution in [2.45, 2.75) is 59.0 Å². The molecule has 0 aliphatic heterocycles. The Bertz CT molecular complexity index is 362. The predicted molar refractivity (Wildman–Crippen MR) is 71.0 cm³/mol. The van der Waals surface area contributed by atoms with Gasteiger partial charge in [0, 0.05) is 6.54 Å². The van der Waals surface area contributed by atoms with Crippen LogP contribution in [0.15, 0.2) is 0 Å². The van der Waals surface area contributed by atoms with Gasteiger partial charge < -0.3 is 5.32 Å². The van der Waals surface area contributed by atoms with Gasteiger partial charge in [-0.05, 0) is 55.0 Å². The second-order valence-corrected chi connectivity index (χ2v) is 5.68. The normalized spacial score (nSPS) is 25.5. The van der Waals surface area contributed by atoms with Crippen LogP contribution in [0.2, 0.25) is 0 Å². The zero-order valence-corrected chi connectivity index (χ0v) is 11.8. The summed E-state index contributed by atoms with van der Waals surface area (Å²) in [6.45, 7) is 8.63. The molecule has 1 aliphatic carbocycles. The van der Waals surface area contributed by atoms with Crippen LogP contribution in [0.3, 0.4) is 0 Å². The zero-order chi connectivity index (χ0) is 13.0. The number of rotatable bonds is 6. The average molecular weight is 251 g/mol. The van der Waals surface area contributed by atoms with Crippen molar-refractivity contribution in [2.75, 3.05) is 6.54 Å². The van der Waals surface area contributed by atoms with Gasteiger partial charge in [0.1, 0.15) is 0 Å². The van der Waals surface area contributed by atoms with Crippen molar-refractivity contribution < 1.29 is 0 Å². The van der Waals surface area contributed by atoms with Crippen LogP contribution in [-0.2, 0) is 6.54 Å². The summed E-state index contributed by atoms with van der Waals surface area (Å²) in [5, 5.41) is 15.6. The second-order valence-electron chi connectivity index (χ2n) is 5.68. The van der Waals surface area contributed by atoms with Crippen LogP contribution in [0.1, 0.15) is 58.3 Å². The summed E-state index contributed by atoms with van der Waals surface area (Å²) < 4.78 is 2.00. The highest BCUT2D eigenvalue weighted by molar-refractivity contribution is 4.90. The molecule has 0 saturated heterocycles. The van der Waals surface area contributed by atoms with Crippen LogP contribution in [0, 0.1) is 11.8 Å². The van der Waals surface area contributed by atoms with E-state index in [2.05, 4.69) is 41.6 Å². The highest BCUT2D eigenvalue weighted by Crippen LogP contribution is 2.31. The molecule has 5 heteroatoms. The Labute approximate surface area is 109 Å². The van der Waals surface area contributed by atoms with Gasteiger partial charge in [-0.1, -0.05) is 20.3 Å². The molecule has 0 spiro atoms. The second kappa shape index (κ2) is 6.27. The summed E-state index contributed by atoms with van der Waals surface area (Å²) in [7, 11) is 0. The van der Waals surface area contributed by atoms with E-state index in [4.69, 9.17) is 0 Å². The quantitative estimate of drug-likeness (QED) is 0.842. The summed E-state index contributed by atoms with van der Waals surface area (Å²) in [4.78, 5) is 0. The third-order valence-electron chi connectivity index (χ3n) is 3.88. The Kier molecular flexibility index (Phi) is 4.69. The zero-order valence-electron chi connectivity index (χ0n) is 11.8. The Hall–Kier alpha value is -0.970. The number of hydrogen-bond acceptors (Lipinski definition) is 4. The summed E-state index contributed by atoms with van der Waals surface area (Å²) >= 11 is 0. The van der Waals surface area contributed by atoms with Gasteiger partial charge in [-0.15, -0.1) is 5.10 Å². The topological polar surface area (TPSA) is 55.6 Å². The largest absolute Gasteiger partial charge is 0.307 e. The summed E-state index contributed by atoms with van der Waals surface area (Å²) in [5.74, 6) is 2.59. The smallest absolute Gasteiger partial charge is 0.167 e. The van der Waals surface area contributed by atoms with Gasteiger partial charge in [-0.25, -0.2) is 4.68 Å². The molecule has 0 amide bonds. The van der Waals surface area contributed by atoms with E-state index in [0.717, 1.165) is 37.2 Å². The molecule has 0 radical (unpaired) electrons. The number of hydrogen-bond donors (Lipinski definition) is 1. The average Bonchev–Trinajstić information content (AvgIpc) is 2.96. The van der Waals surface area contributed by atoms with Crippen molar-refractivity contribution in [1.29, 1.82) is 0 Å². The van der Waals surface area contributed by atoms with Gasteiger partial charge in [-0.3, -0.25) is 0 Å². The summed E-state index contributed by atoms with van der Waals surface area (Å²) in [6.07, 6.45) is 5.12. The van der Waals surface area contributed by atoms with Crippen LogP contribution in [-0.4, -0.2) is 26.8 Å². The van der Waals surface area contributed by atoms with E-state index >= 15 is 0 Å². The molecule has 1 aromatic heterocycles. The fraction of sp³-hybridized carbons (Fsp3) is 0.923. The standard InChI is InChI=1S/C13H25N5/c1-4-7-14-11(3)13-15-16-17-18(13)9-12-6-5-10(2)8-12/h10-12,14H,4-9H2,1-3H3. The lowest BCUT2D eigenvalue weighted by Crippen LogP contribution is -2.24. The number of aromatic nitrogens is 4. The third kappa shape index (κ3) is 3.28. The van der Waals surface area contributed by atoms with Crippen molar-refractivity contribution in [1.82, 2.24) is 25.5 Å². The maximum absolute atomic E-state index is 4.17. The molecule has 1 heterocycles. The molecule has 3 unspecified atom stereocenters. The van der Waals surface area contributed by atoms with E-state index in [1.54, 1.807) is 0 Å². The van der Waals surface area contributed by atoms with Crippen LogP contribution < -0.4 is 5.32 Å². The van der Waals surface area contributed by atoms with E-state index in [0.29, 0.717) is 0 Å². The Balaban J connectivity index is 1.94. The minimum absolute atomic E-state index is 0.235. The van der Waals surface area contributed by atoms with Crippen molar-refractivity contribution >= 4 is 0 Å². The monoisotopic (exact) mass is 251 g/mol. The summed E-state index contributed by atoms with van der Waals surface area (Å²) in [6, 6.07) is 0.235. The minimum Gasteiger partial charge on any atom is -0.307 e. The molecule has 102 valence electrons. The first-order chi connectivity index (χ1) is 8.70. The molecule has 1 N–H and O–H groups in total.